The van der Waals surface area contributed by atoms with Gasteiger partial charge in [-0.1, -0.05) is 50.8 Å². The highest BCUT2D eigenvalue weighted by atomic mass is 19.1. The van der Waals surface area contributed by atoms with Crippen LogP contribution in [0.15, 0.2) is 48.5 Å². The first-order valence-corrected chi connectivity index (χ1v) is 9.95. The summed E-state index contributed by atoms with van der Waals surface area (Å²) >= 11 is 0. The van der Waals surface area contributed by atoms with Crippen molar-refractivity contribution in [1.82, 2.24) is 0 Å². The monoisotopic (exact) mass is 369 g/mol. The van der Waals surface area contributed by atoms with E-state index in [0.29, 0.717) is 30.7 Å². The van der Waals surface area contributed by atoms with Crippen LogP contribution in [0.1, 0.15) is 57.4 Å². The van der Waals surface area contributed by atoms with Crippen molar-refractivity contribution in [2.24, 2.45) is 0 Å². The molecule has 3 rings (SSSR count). The standard InChI is InChI=1S/C23H28FNO2/c1-2-3-17-27-19-13-11-18(12-14-19)25-22(26)23(15-7-4-8-16-23)20-9-5-6-10-21(20)24/h5-6,9-14H,2-4,7-8,15-17H2,1H3,(H,25,26). The second-order valence-corrected chi connectivity index (χ2v) is 7.30. The minimum atomic E-state index is -0.792. The van der Waals surface area contributed by atoms with Crippen LogP contribution in [0, 0.1) is 5.82 Å². The van der Waals surface area contributed by atoms with Crippen LogP contribution in [0.4, 0.5) is 10.1 Å². The number of nitrogens with one attached hydrogen (secondary N) is 1. The van der Waals surface area contributed by atoms with Crippen LogP contribution < -0.4 is 10.1 Å². The number of amides is 1. The molecule has 1 fully saturated rings. The van der Waals surface area contributed by atoms with Crippen LogP contribution in [0.2, 0.25) is 0 Å². The van der Waals surface area contributed by atoms with Crippen LogP contribution in [-0.4, -0.2) is 12.5 Å². The second kappa shape index (κ2) is 9.03. The Kier molecular flexibility index (Phi) is 6.49. The Balaban J connectivity index is 1.76. The van der Waals surface area contributed by atoms with E-state index in [1.165, 1.54) is 6.07 Å². The van der Waals surface area contributed by atoms with Crippen LogP contribution in [0.5, 0.6) is 5.75 Å². The number of benzene rings is 2. The summed E-state index contributed by atoms with van der Waals surface area (Å²) in [5, 5.41) is 3.01. The fourth-order valence-corrected chi connectivity index (χ4v) is 3.84. The van der Waals surface area contributed by atoms with E-state index < -0.39 is 5.41 Å². The largest absolute Gasteiger partial charge is 0.494 e. The maximum absolute atomic E-state index is 14.5. The number of unbranched alkanes of at least 4 members (excludes halogenated alkanes) is 1. The third-order valence-corrected chi connectivity index (χ3v) is 5.41. The SMILES string of the molecule is CCCCOc1ccc(NC(=O)C2(c3ccccc3F)CCCCC2)cc1. The zero-order valence-electron chi connectivity index (χ0n) is 16.0. The molecule has 0 heterocycles. The molecule has 1 aliphatic rings. The molecule has 27 heavy (non-hydrogen) atoms. The average Bonchev–Trinajstić information content (AvgIpc) is 2.70. The highest BCUT2D eigenvalue weighted by molar-refractivity contribution is 5.99. The van der Waals surface area contributed by atoms with E-state index in [9.17, 15) is 9.18 Å². The highest BCUT2D eigenvalue weighted by Gasteiger charge is 2.42. The van der Waals surface area contributed by atoms with Crippen molar-refractivity contribution < 1.29 is 13.9 Å². The molecule has 1 aliphatic carbocycles. The smallest absolute Gasteiger partial charge is 0.235 e. The van der Waals surface area contributed by atoms with Crippen LogP contribution in [0.25, 0.3) is 0 Å². The molecule has 2 aromatic carbocycles. The molecule has 1 saturated carbocycles. The molecular formula is C23H28FNO2. The van der Waals surface area contributed by atoms with Crippen molar-refractivity contribution in [3.8, 4) is 5.75 Å². The lowest BCUT2D eigenvalue weighted by Crippen LogP contribution is -2.42. The zero-order chi connectivity index (χ0) is 19.1. The molecule has 0 bridgehead atoms. The molecule has 0 unspecified atom stereocenters. The summed E-state index contributed by atoms with van der Waals surface area (Å²) in [5.74, 6) is 0.379. The third kappa shape index (κ3) is 4.49. The van der Waals surface area contributed by atoms with E-state index in [2.05, 4.69) is 12.2 Å². The molecule has 4 heteroatoms. The molecule has 144 valence electrons. The Morgan fingerprint density at radius 2 is 1.78 bits per heavy atom. The van der Waals surface area contributed by atoms with Gasteiger partial charge in [-0.3, -0.25) is 4.79 Å². The number of hydrogen-bond donors (Lipinski definition) is 1. The van der Waals surface area contributed by atoms with E-state index in [1.54, 1.807) is 12.1 Å². The summed E-state index contributed by atoms with van der Waals surface area (Å²) in [5.41, 5.74) is 0.436. The maximum Gasteiger partial charge on any atom is 0.235 e. The number of carbonyl (C=O) groups excluding carboxylic acids is 1. The average molecular weight is 369 g/mol. The molecule has 1 amide bonds. The zero-order valence-corrected chi connectivity index (χ0v) is 16.0. The molecule has 0 saturated heterocycles. The Labute approximate surface area is 160 Å². The number of hydrogen-bond acceptors (Lipinski definition) is 2. The van der Waals surface area contributed by atoms with Crippen molar-refractivity contribution in [1.29, 1.82) is 0 Å². The summed E-state index contributed by atoms with van der Waals surface area (Å²) in [4.78, 5) is 13.2. The van der Waals surface area contributed by atoms with Gasteiger partial charge in [-0.2, -0.15) is 0 Å². The predicted molar refractivity (Wildman–Crippen MR) is 107 cm³/mol. The van der Waals surface area contributed by atoms with Crippen LogP contribution >= 0.6 is 0 Å². The van der Waals surface area contributed by atoms with Crippen LogP contribution in [-0.2, 0) is 10.2 Å². The highest BCUT2D eigenvalue weighted by Crippen LogP contribution is 2.41. The Bertz CT molecular complexity index is 751. The molecular weight excluding hydrogens is 341 g/mol. The lowest BCUT2D eigenvalue weighted by Gasteiger charge is -2.36. The maximum atomic E-state index is 14.5. The Hall–Kier alpha value is -2.36. The third-order valence-electron chi connectivity index (χ3n) is 5.41. The number of rotatable bonds is 7. The minimum absolute atomic E-state index is 0.119. The summed E-state index contributed by atoms with van der Waals surface area (Å²) in [6.45, 7) is 2.82. The van der Waals surface area contributed by atoms with E-state index in [0.717, 1.165) is 37.9 Å². The van der Waals surface area contributed by atoms with E-state index >= 15 is 0 Å². The fraction of sp³-hybridized carbons (Fsp3) is 0.435. The van der Waals surface area contributed by atoms with Gasteiger partial charge < -0.3 is 10.1 Å². The van der Waals surface area contributed by atoms with Crippen molar-refractivity contribution in [3.05, 3.63) is 59.9 Å². The van der Waals surface area contributed by atoms with Gasteiger partial charge >= 0.3 is 0 Å². The van der Waals surface area contributed by atoms with Gasteiger partial charge in [0, 0.05) is 11.3 Å². The number of ether oxygens (including phenoxy) is 1. The van der Waals surface area contributed by atoms with Gasteiger partial charge in [0.05, 0.1) is 12.0 Å². The quantitative estimate of drug-likeness (QED) is 0.622. The molecule has 0 spiro atoms. The van der Waals surface area contributed by atoms with Crippen molar-refractivity contribution in [3.63, 3.8) is 0 Å². The van der Waals surface area contributed by atoms with E-state index in [4.69, 9.17) is 4.74 Å². The van der Waals surface area contributed by atoms with E-state index in [-0.39, 0.29) is 11.7 Å². The summed E-state index contributed by atoms with van der Waals surface area (Å²) in [6, 6.07) is 14.1. The number of carbonyl (C=O) groups is 1. The van der Waals surface area contributed by atoms with Gasteiger partial charge in [0.25, 0.3) is 0 Å². The normalized spacial score (nSPS) is 15.9. The topological polar surface area (TPSA) is 38.3 Å². The molecule has 0 aromatic heterocycles. The number of anilines is 1. The lowest BCUT2D eigenvalue weighted by atomic mass is 9.68. The van der Waals surface area contributed by atoms with Crippen molar-refractivity contribution in [2.45, 2.75) is 57.3 Å². The Morgan fingerprint density at radius 3 is 2.44 bits per heavy atom. The molecule has 2 aromatic rings. The van der Waals surface area contributed by atoms with Gasteiger partial charge in [0.1, 0.15) is 11.6 Å². The van der Waals surface area contributed by atoms with Gasteiger partial charge in [0.2, 0.25) is 5.91 Å². The van der Waals surface area contributed by atoms with Crippen molar-refractivity contribution >= 4 is 11.6 Å². The molecule has 0 atom stereocenters. The second-order valence-electron chi connectivity index (χ2n) is 7.30. The van der Waals surface area contributed by atoms with Gasteiger partial charge in [-0.15, -0.1) is 0 Å². The first-order valence-electron chi connectivity index (χ1n) is 9.95. The lowest BCUT2D eigenvalue weighted by molar-refractivity contribution is -0.122. The van der Waals surface area contributed by atoms with Gasteiger partial charge in [-0.25, -0.2) is 4.39 Å². The minimum Gasteiger partial charge on any atom is -0.494 e. The molecule has 0 radical (unpaired) electrons. The fourth-order valence-electron chi connectivity index (χ4n) is 3.84. The summed E-state index contributed by atoms with van der Waals surface area (Å²) < 4.78 is 20.2. The first-order chi connectivity index (χ1) is 13.2. The van der Waals surface area contributed by atoms with Crippen molar-refractivity contribution in [2.75, 3.05) is 11.9 Å². The number of halogens is 1. The summed E-state index contributed by atoms with van der Waals surface area (Å²) in [6.07, 6.45) is 6.43. The van der Waals surface area contributed by atoms with E-state index in [1.807, 2.05) is 30.3 Å². The Morgan fingerprint density at radius 1 is 1.07 bits per heavy atom. The van der Waals surface area contributed by atoms with Gasteiger partial charge in [-0.05, 0) is 49.6 Å². The molecule has 1 N–H and O–H groups in total. The molecule has 0 aliphatic heterocycles. The first kappa shape index (κ1) is 19.4. The molecule has 3 nitrogen and oxygen atoms in total. The predicted octanol–water partition coefficient (Wildman–Crippen LogP) is 5.85. The summed E-state index contributed by atoms with van der Waals surface area (Å²) in [7, 11) is 0. The van der Waals surface area contributed by atoms with Gasteiger partial charge in [0.15, 0.2) is 0 Å². The van der Waals surface area contributed by atoms with Crippen LogP contribution in [0.3, 0.4) is 0 Å².